The quantitative estimate of drug-likeness (QED) is 0.877. The topological polar surface area (TPSA) is 15.3 Å². The Bertz CT molecular complexity index is 368. The van der Waals surface area contributed by atoms with Crippen LogP contribution < -0.4 is 10.2 Å². The van der Waals surface area contributed by atoms with E-state index in [1.54, 1.807) is 0 Å². The second kappa shape index (κ2) is 5.26. The maximum Gasteiger partial charge on any atom is 0.0825 e. The summed E-state index contributed by atoms with van der Waals surface area (Å²) in [6.45, 7) is 5.19. The Labute approximate surface area is 107 Å². The van der Waals surface area contributed by atoms with Crippen molar-refractivity contribution in [1.29, 1.82) is 0 Å². The Balaban J connectivity index is 2.30. The first-order valence-corrected chi connectivity index (χ1v) is 6.41. The van der Waals surface area contributed by atoms with Crippen molar-refractivity contribution in [1.82, 2.24) is 5.32 Å². The van der Waals surface area contributed by atoms with Crippen LogP contribution in [-0.4, -0.2) is 25.7 Å². The lowest BCUT2D eigenvalue weighted by atomic mass is 10.1. The van der Waals surface area contributed by atoms with Crippen molar-refractivity contribution in [2.45, 2.75) is 19.4 Å². The van der Waals surface area contributed by atoms with Crippen molar-refractivity contribution < 1.29 is 0 Å². The van der Waals surface area contributed by atoms with Crippen LogP contribution in [0.5, 0.6) is 0 Å². The molecule has 1 saturated heterocycles. The van der Waals surface area contributed by atoms with E-state index in [0.717, 1.165) is 31.7 Å². The van der Waals surface area contributed by atoms with Crippen LogP contribution in [-0.2, 0) is 0 Å². The lowest BCUT2D eigenvalue weighted by molar-refractivity contribution is 0.466. The molecule has 0 bridgehead atoms. The van der Waals surface area contributed by atoms with E-state index in [2.05, 4.69) is 17.1 Å². The second-order valence-electron chi connectivity index (χ2n) is 4.03. The van der Waals surface area contributed by atoms with Gasteiger partial charge in [0.15, 0.2) is 0 Å². The average molecular weight is 259 g/mol. The maximum atomic E-state index is 6.25. The Morgan fingerprint density at radius 3 is 3.00 bits per heavy atom. The van der Waals surface area contributed by atoms with Crippen LogP contribution in [0.25, 0.3) is 0 Å². The van der Waals surface area contributed by atoms with Gasteiger partial charge in [-0.2, -0.15) is 0 Å². The summed E-state index contributed by atoms with van der Waals surface area (Å²) in [5.41, 5.74) is 1.06. The van der Waals surface area contributed by atoms with Crippen molar-refractivity contribution in [3.63, 3.8) is 0 Å². The number of nitrogens with one attached hydrogen (secondary N) is 1. The highest BCUT2D eigenvalue weighted by atomic mass is 35.5. The molecule has 1 aliphatic heterocycles. The van der Waals surface area contributed by atoms with Crippen LogP contribution >= 0.6 is 23.2 Å². The van der Waals surface area contributed by atoms with E-state index in [1.165, 1.54) is 0 Å². The third-order valence-electron chi connectivity index (χ3n) is 3.06. The minimum Gasteiger partial charge on any atom is -0.365 e. The first-order valence-electron chi connectivity index (χ1n) is 5.65. The predicted molar refractivity (Wildman–Crippen MR) is 70.8 cm³/mol. The molecule has 1 unspecified atom stereocenters. The number of benzene rings is 1. The predicted octanol–water partition coefficient (Wildman–Crippen LogP) is 3.18. The molecule has 1 heterocycles. The number of nitrogens with zero attached hydrogens (tertiary/aromatic N) is 1. The molecule has 1 aliphatic rings. The summed E-state index contributed by atoms with van der Waals surface area (Å²) in [4.78, 5) is 2.35. The van der Waals surface area contributed by atoms with E-state index in [-0.39, 0.29) is 0 Å². The normalized spacial score (nSPS) is 21.2. The molecule has 88 valence electrons. The van der Waals surface area contributed by atoms with Crippen LogP contribution in [0.15, 0.2) is 18.2 Å². The van der Waals surface area contributed by atoms with E-state index in [9.17, 15) is 0 Å². The fourth-order valence-electron chi connectivity index (χ4n) is 2.16. The third kappa shape index (κ3) is 2.29. The van der Waals surface area contributed by atoms with Crippen LogP contribution in [0.4, 0.5) is 5.69 Å². The van der Waals surface area contributed by atoms with Crippen molar-refractivity contribution in [2.24, 2.45) is 0 Å². The van der Waals surface area contributed by atoms with Gasteiger partial charge in [-0.3, -0.25) is 0 Å². The Hall–Kier alpha value is -0.440. The molecule has 2 nitrogen and oxygen atoms in total. The van der Waals surface area contributed by atoms with Crippen LogP contribution in [0, 0.1) is 0 Å². The molecule has 0 saturated carbocycles. The van der Waals surface area contributed by atoms with Crippen molar-refractivity contribution in [3.8, 4) is 0 Å². The summed E-state index contributed by atoms with van der Waals surface area (Å²) in [7, 11) is 0. The zero-order chi connectivity index (χ0) is 11.5. The summed E-state index contributed by atoms with van der Waals surface area (Å²) in [6.07, 6.45) is 1.11. The highest BCUT2D eigenvalue weighted by Gasteiger charge is 2.22. The zero-order valence-electron chi connectivity index (χ0n) is 9.34. The largest absolute Gasteiger partial charge is 0.365 e. The van der Waals surface area contributed by atoms with Gasteiger partial charge in [-0.15, -0.1) is 0 Å². The standard InChI is InChI=1S/C12H16Cl2N2/c1-2-9-8-15-6-7-16(9)11-5-3-4-10(13)12(11)14/h3-5,9,15H,2,6-8H2,1H3. The van der Waals surface area contributed by atoms with Gasteiger partial charge < -0.3 is 10.2 Å². The number of hydrogen-bond donors (Lipinski definition) is 1. The molecule has 0 amide bonds. The number of piperazine rings is 1. The van der Waals surface area contributed by atoms with Gasteiger partial charge in [0, 0.05) is 25.7 Å². The monoisotopic (exact) mass is 258 g/mol. The fourth-order valence-corrected chi connectivity index (χ4v) is 2.56. The lowest BCUT2D eigenvalue weighted by Gasteiger charge is -2.38. The summed E-state index contributed by atoms with van der Waals surface area (Å²) in [5, 5.41) is 4.70. The number of rotatable bonds is 2. The minimum absolute atomic E-state index is 0.504. The summed E-state index contributed by atoms with van der Waals surface area (Å²) >= 11 is 12.3. The molecule has 0 aromatic heterocycles. The smallest absolute Gasteiger partial charge is 0.0825 e. The molecule has 0 radical (unpaired) electrons. The van der Waals surface area contributed by atoms with E-state index < -0.39 is 0 Å². The molecule has 1 atom stereocenters. The molecule has 1 N–H and O–H groups in total. The molecule has 1 fully saturated rings. The number of hydrogen-bond acceptors (Lipinski definition) is 2. The summed E-state index contributed by atoms with van der Waals surface area (Å²) in [5.74, 6) is 0. The average Bonchev–Trinajstić information content (AvgIpc) is 2.33. The van der Waals surface area contributed by atoms with Gasteiger partial charge in [-0.05, 0) is 18.6 Å². The summed E-state index contributed by atoms with van der Waals surface area (Å²) < 4.78 is 0. The van der Waals surface area contributed by atoms with Gasteiger partial charge in [-0.1, -0.05) is 36.2 Å². The molecule has 0 spiro atoms. The molecule has 2 rings (SSSR count). The minimum atomic E-state index is 0.504. The van der Waals surface area contributed by atoms with Crippen LogP contribution in [0.1, 0.15) is 13.3 Å². The third-order valence-corrected chi connectivity index (χ3v) is 3.87. The molecular weight excluding hydrogens is 243 g/mol. The van der Waals surface area contributed by atoms with E-state index in [1.807, 2.05) is 18.2 Å². The first kappa shape index (κ1) is 12.0. The van der Waals surface area contributed by atoms with Crippen molar-refractivity contribution >= 4 is 28.9 Å². The van der Waals surface area contributed by atoms with Crippen LogP contribution in [0.2, 0.25) is 10.0 Å². The lowest BCUT2D eigenvalue weighted by Crippen LogP contribution is -2.51. The Kier molecular flexibility index (Phi) is 3.95. The molecule has 16 heavy (non-hydrogen) atoms. The molecule has 1 aromatic carbocycles. The maximum absolute atomic E-state index is 6.25. The van der Waals surface area contributed by atoms with E-state index in [0.29, 0.717) is 16.1 Å². The van der Waals surface area contributed by atoms with Gasteiger partial charge >= 0.3 is 0 Å². The molecular formula is C12H16Cl2N2. The second-order valence-corrected chi connectivity index (χ2v) is 4.82. The Morgan fingerprint density at radius 1 is 1.44 bits per heavy atom. The SMILES string of the molecule is CCC1CNCCN1c1cccc(Cl)c1Cl. The van der Waals surface area contributed by atoms with Crippen LogP contribution in [0.3, 0.4) is 0 Å². The number of anilines is 1. The van der Waals surface area contributed by atoms with Gasteiger partial charge in [-0.25, -0.2) is 0 Å². The van der Waals surface area contributed by atoms with Crippen molar-refractivity contribution in [3.05, 3.63) is 28.2 Å². The van der Waals surface area contributed by atoms with E-state index >= 15 is 0 Å². The molecule has 1 aromatic rings. The molecule has 4 heteroatoms. The first-order chi connectivity index (χ1) is 7.74. The van der Waals surface area contributed by atoms with Gasteiger partial charge in [0.2, 0.25) is 0 Å². The van der Waals surface area contributed by atoms with E-state index in [4.69, 9.17) is 23.2 Å². The highest BCUT2D eigenvalue weighted by Crippen LogP contribution is 2.34. The highest BCUT2D eigenvalue weighted by molar-refractivity contribution is 6.43. The van der Waals surface area contributed by atoms with Gasteiger partial charge in [0.05, 0.1) is 15.7 Å². The van der Waals surface area contributed by atoms with Gasteiger partial charge in [0.25, 0.3) is 0 Å². The molecule has 0 aliphatic carbocycles. The van der Waals surface area contributed by atoms with Gasteiger partial charge in [0.1, 0.15) is 0 Å². The number of halogens is 2. The van der Waals surface area contributed by atoms with Crippen molar-refractivity contribution in [2.75, 3.05) is 24.5 Å². The zero-order valence-corrected chi connectivity index (χ0v) is 10.9. The Morgan fingerprint density at radius 2 is 2.25 bits per heavy atom. The fraction of sp³-hybridized carbons (Fsp3) is 0.500. The summed E-state index contributed by atoms with van der Waals surface area (Å²) in [6, 6.07) is 6.33.